The van der Waals surface area contributed by atoms with Crippen LogP contribution < -0.4 is 0 Å². The van der Waals surface area contributed by atoms with Gasteiger partial charge in [-0.25, -0.2) is 0 Å². The zero-order valence-corrected chi connectivity index (χ0v) is 8.58. The molecule has 2 aromatic rings. The van der Waals surface area contributed by atoms with Gasteiger partial charge >= 0.3 is 0 Å². The van der Waals surface area contributed by atoms with Crippen LogP contribution >= 0.6 is 22.6 Å². The summed E-state index contributed by atoms with van der Waals surface area (Å²) in [5.74, 6) is 0. The molecule has 0 aliphatic carbocycles. The molecule has 1 aromatic heterocycles. The van der Waals surface area contributed by atoms with E-state index in [1.807, 2.05) is 12.3 Å². The van der Waals surface area contributed by atoms with Crippen molar-refractivity contribution in [2.45, 2.75) is 0 Å². The van der Waals surface area contributed by atoms with Crippen molar-refractivity contribution in [2.75, 3.05) is 0 Å². The van der Waals surface area contributed by atoms with Crippen molar-refractivity contribution in [1.29, 1.82) is 0 Å². The van der Waals surface area contributed by atoms with E-state index in [0.717, 1.165) is 0 Å². The Labute approximate surface area is 85.0 Å². The van der Waals surface area contributed by atoms with Crippen LogP contribution in [-0.2, 0) is 0 Å². The van der Waals surface area contributed by atoms with Gasteiger partial charge in [0, 0.05) is 15.5 Å². The van der Waals surface area contributed by atoms with Crippen molar-refractivity contribution in [2.24, 2.45) is 0 Å². The van der Waals surface area contributed by atoms with Crippen LogP contribution in [-0.4, -0.2) is 4.98 Å². The van der Waals surface area contributed by atoms with Gasteiger partial charge in [-0.3, -0.25) is 0 Å². The Morgan fingerprint density at radius 2 is 1.75 bits per heavy atom. The fourth-order valence-electron chi connectivity index (χ4n) is 1.14. The summed E-state index contributed by atoms with van der Waals surface area (Å²) in [5.41, 5.74) is 2.41. The molecule has 0 aliphatic heterocycles. The van der Waals surface area contributed by atoms with Gasteiger partial charge in [-0.1, -0.05) is 12.1 Å². The molecule has 1 heterocycles. The quantitative estimate of drug-likeness (QED) is 0.764. The Kier molecular flexibility index (Phi) is 2.17. The molecule has 0 unspecified atom stereocenters. The van der Waals surface area contributed by atoms with Crippen LogP contribution in [0.3, 0.4) is 0 Å². The van der Waals surface area contributed by atoms with Crippen molar-refractivity contribution < 1.29 is 0 Å². The van der Waals surface area contributed by atoms with Crippen LogP contribution in [0.1, 0.15) is 0 Å². The molecule has 0 saturated heterocycles. The molecule has 2 heteroatoms. The molecule has 1 N–H and O–H groups in total. The second kappa shape index (κ2) is 3.31. The average Bonchev–Trinajstić information content (AvgIpc) is 2.58. The molecule has 1 aromatic carbocycles. The van der Waals surface area contributed by atoms with Crippen LogP contribution in [0.4, 0.5) is 0 Å². The van der Waals surface area contributed by atoms with Crippen LogP contribution in [0.25, 0.3) is 11.3 Å². The number of nitrogens with one attached hydrogen (secondary N) is 1. The lowest BCUT2D eigenvalue weighted by Gasteiger charge is -1.96. The van der Waals surface area contributed by atoms with Gasteiger partial charge in [0.2, 0.25) is 0 Å². The Morgan fingerprint density at radius 3 is 2.33 bits per heavy atom. The minimum atomic E-state index is 1.17. The number of hydrogen-bond acceptors (Lipinski definition) is 0. The third-order valence-corrected chi connectivity index (χ3v) is 2.47. The first-order chi connectivity index (χ1) is 5.86. The van der Waals surface area contributed by atoms with Crippen molar-refractivity contribution in [3.8, 4) is 11.3 Å². The van der Waals surface area contributed by atoms with Gasteiger partial charge < -0.3 is 4.98 Å². The molecular weight excluding hydrogens is 261 g/mol. The fraction of sp³-hybridized carbons (Fsp3) is 0. The van der Waals surface area contributed by atoms with E-state index >= 15 is 0 Å². The molecule has 0 amide bonds. The van der Waals surface area contributed by atoms with E-state index in [-0.39, 0.29) is 0 Å². The van der Waals surface area contributed by atoms with Crippen LogP contribution in [0.15, 0.2) is 42.6 Å². The summed E-state index contributed by atoms with van der Waals surface area (Å²) in [6, 6.07) is 12.5. The Morgan fingerprint density at radius 1 is 1.00 bits per heavy atom. The van der Waals surface area contributed by atoms with Crippen LogP contribution in [0.5, 0.6) is 0 Å². The minimum absolute atomic E-state index is 1.17. The summed E-state index contributed by atoms with van der Waals surface area (Å²) < 4.78 is 1.27. The largest absolute Gasteiger partial charge is 0.361 e. The zero-order valence-electron chi connectivity index (χ0n) is 6.42. The third kappa shape index (κ3) is 1.53. The van der Waals surface area contributed by atoms with E-state index in [0.29, 0.717) is 0 Å². The highest BCUT2D eigenvalue weighted by Crippen LogP contribution is 2.17. The highest BCUT2D eigenvalue weighted by molar-refractivity contribution is 14.1. The maximum absolute atomic E-state index is 3.17. The molecule has 0 aliphatic rings. The number of aromatic nitrogens is 1. The smallest absolute Gasteiger partial charge is 0.0453 e. The van der Waals surface area contributed by atoms with E-state index in [1.54, 1.807) is 0 Å². The molecule has 60 valence electrons. The monoisotopic (exact) mass is 269 g/mol. The summed E-state index contributed by atoms with van der Waals surface area (Å²) >= 11 is 2.30. The lowest BCUT2D eigenvalue weighted by atomic mass is 10.2. The standard InChI is InChI=1S/C10H8IN/c11-9-5-3-8(4-6-9)10-2-1-7-12-10/h1-7,12H. The first kappa shape index (κ1) is 7.86. The van der Waals surface area contributed by atoms with Gasteiger partial charge in [0.25, 0.3) is 0 Å². The molecule has 12 heavy (non-hydrogen) atoms. The third-order valence-electron chi connectivity index (χ3n) is 1.75. The Balaban J connectivity index is 2.43. The van der Waals surface area contributed by atoms with Crippen molar-refractivity contribution in [3.63, 3.8) is 0 Å². The number of benzene rings is 1. The van der Waals surface area contributed by atoms with Gasteiger partial charge in [0.05, 0.1) is 0 Å². The van der Waals surface area contributed by atoms with Gasteiger partial charge in [0.1, 0.15) is 0 Å². The van der Waals surface area contributed by atoms with Crippen LogP contribution in [0.2, 0.25) is 0 Å². The predicted octanol–water partition coefficient (Wildman–Crippen LogP) is 3.29. The number of aromatic amines is 1. The van der Waals surface area contributed by atoms with Gasteiger partial charge in [-0.15, -0.1) is 0 Å². The van der Waals surface area contributed by atoms with Crippen LogP contribution in [0, 0.1) is 3.57 Å². The number of rotatable bonds is 1. The van der Waals surface area contributed by atoms with Crippen molar-refractivity contribution >= 4 is 22.6 Å². The highest BCUT2D eigenvalue weighted by atomic mass is 127. The molecule has 0 fully saturated rings. The molecule has 2 rings (SSSR count). The maximum Gasteiger partial charge on any atom is 0.0453 e. The molecule has 0 radical (unpaired) electrons. The van der Waals surface area contributed by atoms with E-state index in [1.165, 1.54) is 14.8 Å². The molecule has 1 nitrogen and oxygen atoms in total. The zero-order chi connectivity index (χ0) is 8.39. The summed E-state index contributed by atoms with van der Waals surface area (Å²) in [6.45, 7) is 0. The molecule has 0 saturated carbocycles. The average molecular weight is 269 g/mol. The van der Waals surface area contributed by atoms with Gasteiger partial charge in [0.15, 0.2) is 0 Å². The second-order valence-corrected chi connectivity index (χ2v) is 3.84. The molecule has 0 spiro atoms. The molecule has 0 atom stereocenters. The Hall–Kier alpha value is -0.770. The molecular formula is C10H8IN. The fourth-order valence-corrected chi connectivity index (χ4v) is 1.50. The highest BCUT2D eigenvalue weighted by Gasteiger charge is 1.95. The number of halogens is 1. The minimum Gasteiger partial charge on any atom is -0.361 e. The lowest BCUT2D eigenvalue weighted by molar-refractivity contribution is 1.40. The predicted molar refractivity (Wildman–Crippen MR) is 58.9 cm³/mol. The van der Waals surface area contributed by atoms with Crippen molar-refractivity contribution in [1.82, 2.24) is 4.98 Å². The van der Waals surface area contributed by atoms with Gasteiger partial charge in [-0.05, 0) is 52.4 Å². The topological polar surface area (TPSA) is 15.8 Å². The number of H-pyrrole nitrogens is 1. The summed E-state index contributed by atoms with van der Waals surface area (Å²) in [5, 5.41) is 0. The van der Waals surface area contributed by atoms with E-state index < -0.39 is 0 Å². The summed E-state index contributed by atoms with van der Waals surface area (Å²) in [4.78, 5) is 3.17. The SMILES string of the molecule is Ic1ccc(-c2ccc[nH]2)cc1. The Bertz CT molecular complexity index is 348. The van der Waals surface area contributed by atoms with Gasteiger partial charge in [-0.2, -0.15) is 0 Å². The first-order valence-corrected chi connectivity index (χ1v) is 4.83. The maximum atomic E-state index is 3.17. The normalized spacial score (nSPS) is 10.1. The summed E-state index contributed by atoms with van der Waals surface area (Å²) in [7, 11) is 0. The lowest BCUT2D eigenvalue weighted by Crippen LogP contribution is -1.76. The second-order valence-electron chi connectivity index (χ2n) is 2.59. The summed E-state index contributed by atoms with van der Waals surface area (Å²) in [6.07, 6.45) is 1.94. The molecule has 0 bridgehead atoms. The number of hydrogen-bond donors (Lipinski definition) is 1. The first-order valence-electron chi connectivity index (χ1n) is 3.75. The van der Waals surface area contributed by atoms with E-state index in [2.05, 4.69) is 57.9 Å². The van der Waals surface area contributed by atoms with E-state index in [4.69, 9.17) is 0 Å². The van der Waals surface area contributed by atoms with Crippen molar-refractivity contribution in [3.05, 3.63) is 46.2 Å². The van der Waals surface area contributed by atoms with E-state index in [9.17, 15) is 0 Å².